The predicted octanol–water partition coefficient (Wildman–Crippen LogP) is 4.05. The molecule has 2 nitrogen and oxygen atoms in total. The minimum atomic E-state index is -0.0164. The third kappa shape index (κ3) is 2.30. The van der Waals surface area contributed by atoms with Crippen molar-refractivity contribution < 1.29 is 5.11 Å². The Morgan fingerprint density at radius 1 is 1.33 bits per heavy atom. The van der Waals surface area contributed by atoms with E-state index >= 15 is 0 Å². The second-order valence-corrected chi connectivity index (χ2v) is 6.60. The number of phenolic OH excluding ortho intramolecular Hbond substituents is 1. The molecule has 0 amide bonds. The number of hydrogen-bond donors (Lipinski definition) is 2. The summed E-state index contributed by atoms with van der Waals surface area (Å²) in [6, 6.07) is 4.17. The van der Waals surface area contributed by atoms with Gasteiger partial charge in [-0.05, 0) is 46.3 Å². The number of nitrogens with two attached hydrogens (primary N) is 1. The zero-order valence-corrected chi connectivity index (χ0v) is 12.8. The van der Waals surface area contributed by atoms with Gasteiger partial charge in [-0.2, -0.15) is 0 Å². The number of benzene rings is 1. The summed E-state index contributed by atoms with van der Waals surface area (Å²) in [5.74, 6) is 0.837. The Bertz CT molecular complexity index is 436. The first-order chi connectivity index (χ1) is 8.50. The van der Waals surface area contributed by atoms with Crippen LogP contribution in [0.1, 0.15) is 56.6 Å². The average molecular weight is 312 g/mol. The third-order valence-electron chi connectivity index (χ3n) is 4.28. The van der Waals surface area contributed by atoms with Crippen LogP contribution in [0.2, 0.25) is 0 Å². The maximum atomic E-state index is 10.4. The highest BCUT2D eigenvalue weighted by Crippen LogP contribution is 2.46. The van der Waals surface area contributed by atoms with Crippen LogP contribution in [0.25, 0.3) is 0 Å². The normalized spacial score (nSPS) is 18.5. The number of halogens is 1. The third-order valence-corrected chi connectivity index (χ3v) is 4.88. The largest absolute Gasteiger partial charge is 0.506 e. The van der Waals surface area contributed by atoms with E-state index in [1.165, 1.54) is 18.4 Å². The van der Waals surface area contributed by atoms with Gasteiger partial charge >= 0.3 is 0 Å². The molecule has 0 spiro atoms. The maximum Gasteiger partial charge on any atom is 0.133 e. The lowest BCUT2D eigenvalue weighted by atomic mass is 9.77. The lowest BCUT2D eigenvalue weighted by molar-refractivity contribution is 0.403. The van der Waals surface area contributed by atoms with Crippen molar-refractivity contribution in [3.8, 4) is 5.75 Å². The van der Waals surface area contributed by atoms with Gasteiger partial charge in [0.15, 0.2) is 0 Å². The average Bonchev–Trinajstić information content (AvgIpc) is 2.82. The molecular formula is C15H22BrNO. The molecule has 1 aromatic carbocycles. The minimum absolute atomic E-state index is 0.0164. The van der Waals surface area contributed by atoms with E-state index in [9.17, 15) is 5.11 Å². The molecule has 1 fully saturated rings. The Labute approximate surface area is 118 Å². The summed E-state index contributed by atoms with van der Waals surface area (Å²) in [4.78, 5) is 0. The van der Waals surface area contributed by atoms with E-state index < -0.39 is 0 Å². The number of hydrogen-bond acceptors (Lipinski definition) is 2. The highest BCUT2D eigenvalue weighted by atomic mass is 79.9. The van der Waals surface area contributed by atoms with E-state index in [2.05, 4.69) is 35.8 Å². The highest BCUT2D eigenvalue weighted by Gasteiger charge is 2.37. The Morgan fingerprint density at radius 2 is 1.94 bits per heavy atom. The van der Waals surface area contributed by atoms with Crippen LogP contribution in [0.4, 0.5) is 0 Å². The summed E-state index contributed by atoms with van der Waals surface area (Å²) in [6.45, 7) is 4.97. The van der Waals surface area contributed by atoms with Crippen LogP contribution >= 0.6 is 15.9 Å². The van der Waals surface area contributed by atoms with Gasteiger partial charge in [0.05, 0.1) is 4.47 Å². The molecule has 0 heterocycles. The zero-order valence-electron chi connectivity index (χ0n) is 11.2. The van der Waals surface area contributed by atoms with Crippen molar-refractivity contribution in [2.45, 2.75) is 50.9 Å². The van der Waals surface area contributed by atoms with Crippen molar-refractivity contribution in [1.29, 1.82) is 0 Å². The molecule has 100 valence electrons. The first-order valence-corrected chi connectivity index (χ1v) is 7.52. The molecule has 0 bridgehead atoms. The molecule has 1 aliphatic carbocycles. The van der Waals surface area contributed by atoms with Crippen LogP contribution in [0.15, 0.2) is 16.6 Å². The summed E-state index contributed by atoms with van der Waals surface area (Å²) < 4.78 is 0.795. The molecule has 3 N–H and O–H groups in total. The van der Waals surface area contributed by atoms with Crippen molar-refractivity contribution in [3.05, 3.63) is 27.7 Å². The SMILES string of the molecule is CC(C)c1cc(Br)c(O)c(C2(CN)CCCC2)c1. The summed E-state index contributed by atoms with van der Waals surface area (Å²) in [7, 11) is 0. The first-order valence-electron chi connectivity index (χ1n) is 6.73. The fourth-order valence-corrected chi connectivity index (χ4v) is 3.47. The van der Waals surface area contributed by atoms with Gasteiger partial charge in [0.25, 0.3) is 0 Å². The van der Waals surface area contributed by atoms with Gasteiger partial charge in [-0.15, -0.1) is 0 Å². The molecule has 0 saturated heterocycles. The summed E-state index contributed by atoms with van der Waals surface area (Å²) in [5.41, 5.74) is 8.30. The lowest BCUT2D eigenvalue weighted by Crippen LogP contribution is -2.32. The van der Waals surface area contributed by atoms with E-state index in [0.717, 1.165) is 22.9 Å². The van der Waals surface area contributed by atoms with Gasteiger partial charge in [0.1, 0.15) is 5.75 Å². The van der Waals surface area contributed by atoms with Gasteiger partial charge in [0, 0.05) is 17.5 Å². The lowest BCUT2D eigenvalue weighted by Gasteiger charge is -2.30. The Morgan fingerprint density at radius 3 is 2.44 bits per heavy atom. The van der Waals surface area contributed by atoms with Gasteiger partial charge in [-0.1, -0.05) is 32.8 Å². The van der Waals surface area contributed by atoms with E-state index in [0.29, 0.717) is 18.2 Å². The molecule has 18 heavy (non-hydrogen) atoms. The van der Waals surface area contributed by atoms with Crippen molar-refractivity contribution in [3.63, 3.8) is 0 Å². The van der Waals surface area contributed by atoms with Crippen LogP contribution in [0.5, 0.6) is 5.75 Å². The Balaban J connectivity index is 2.54. The van der Waals surface area contributed by atoms with E-state index in [-0.39, 0.29) is 5.41 Å². The molecule has 2 rings (SSSR count). The molecule has 1 aromatic rings. The minimum Gasteiger partial charge on any atom is -0.506 e. The first kappa shape index (κ1) is 13.9. The quantitative estimate of drug-likeness (QED) is 0.884. The molecule has 0 radical (unpaired) electrons. The van der Waals surface area contributed by atoms with E-state index in [1.54, 1.807) is 0 Å². The van der Waals surface area contributed by atoms with Gasteiger partial charge < -0.3 is 10.8 Å². The van der Waals surface area contributed by atoms with Gasteiger partial charge in [-0.3, -0.25) is 0 Å². The maximum absolute atomic E-state index is 10.4. The van der Waals surface area contributed by atoms with Crippen molar-refractivity contribution >= 4 is 15.9 Å². The zero-order chi connectivity index (χ0) is 13.3. The van der Waals surface area contributed by atoms with Crippen molar-refractivity contribution in [1.82, 2.24) is 0 Å². The smallest absolute Gasteiger partial charge is 0.133 e. The van der Waals surface area contributed by atoms with Crippen LogP contribution in [-0.4, -0.2) is 11.7 Å². The molecule has 0 atom stereocenters. The fourth-order valence-electron chi connectivity index (χ4n) is 2.99. The second-order valence-electron chi connectivity index (χ2n) is 5.75. The van der Waals surface area contributed by atoms with Gasteiger partial charge in [-0.25, -0.2) is 0 Å². The predicted molar refractivity (Wildman–Crippen MR) is 79.1 cm³/mol. The van der Waals surface area contributed by atoms with E-state index in [4.69, 9.17) is 5.73 Å². The highest BCUT2D eigenvalue weighted by molar-refractivity contribution is 9.10. The fraction of sp³-hybridized carbons (Fsp3) is 0.600. The Kier molecular flexibility index (Phi) is 4.02. The second kappa shape index (κ2) is 5.22. The summed E-state index contributed by atoms with van der Waals surface area (Å²) in [5, 5.41) is 10.4. The molecular weight excluding hydrogens is 290 g/mol. The molecule has 3 heteroatoms. The number of aromatic hydroxyl groups is 1. The topological polar surface area (TPSA) is 46.2 Å². The number of phenols is 1. The molecule has 1 saturated carbocycles. The standard InChI is InChI=1S/C15H22BrNO/c1-10(2)11-7-12(14(18)13(16)8-11)15(9-17)5-3-4-6-15/h7-8,10,18H,3-6,9,17H2,1-2H3. The monoisotopic (exact) mass is 311 g/mol. The van der Waals surface area contributed by atoms with E-state index in [1.807, 2.05) is 6.07 Å². The number of rotatable bonds is 3. The summed E-state index contributed by atoms with van der Waals surface area (Å²) >= 11 is 3.47. The van der Waals surface area contributed by atoms with Crippen molar-refractivity contribution in [2.75, 3.05) is 6.54 Å². The van der Waals surface area contributed by atoms with Crippen LogP contribution in [0, 0.1) is 0 Å². The van der Waals surface area contributed by atoms with Crippen molar-refractivity contribution in [2.24, 2.45) is 5.73 Å². The van der Waals surface area contributed by atoms with Crippen LogP contribution in [0.3, 0.4) is 0 Å². The molecule has 0 aromatic heterocycles. The molecule has 0 unspecified atom stereocenters. The molecule has 0 aliphatic heterocycles. The van der Waals surface area contributed by atoms with Gasteiger partial charge in [0.2, 0.25) is 0 Å². The molecule has 1 aliphatic rings. The Hall–Kier alpha value is -0.540. The van der Waals surface area contributed by atoms with Crippen LogP contribution in [-0.2, 0) is 5.41 Å². The summed E-state index contributed by atoms with van der Waals surface area (Å²) in [6.07, 6.45) is 4.59. The van der Waals surface area contributed by atoms with Crippen LogP contribution < -0.4 is 5.73 Å².